The van der Waals surface area contributed by atoms with Crippen LogP contribution in [0.2, 0.25) is 5.02 Å². The standard InChI is InChI=1S/C26H29Cl.C9H8O4/c27-22-13-15-23-21(17-22)16-20(11-10-18-6-2-1-3-7-18)26-24-9-5-4-8-19(24)12-14-25(23)26;1-5-6(8(10)11)3-2-4-7(5)9(12)13/h8,12-18,20H,1-7,9-11H2;2-4H,1H3,(H,10,11)(H,12,13). The largest absolute Gasteiger partial charge is 0.478 e. The van der Waals surface area contributed by atoms with Gasteiger partial charge in [-0.05, 0) is 107 Å². The predicted octanol–water partition coefficient (Wildman–Crippen LogP) is 7.37. The van der Waals surface area contributed by atoms with Gasteiger partial charge in [0, 0.05) is 10.9 Å². The highest BCUT2D eigenvalue weighted by Gasteiger charge is 2.22. The highest BCUT2D eigenvalue weighted by Crippen LogP contribution is 2.35. The molecule has 3 aromatic carbocycles. The topological polar surface area (TPSA) is 74.6 Å². The minimum atomic E-state index is -1.11. The molecular formula is C35H37ClO4. The summed E-state index contributed by atoms with van der Waals surface area (Å²) in [5.74, 6) is -0.724. The van der Waals surface area contributed by atoms with Crippen molar-refractivity contribution in [3.05, 3.63) is 102 Å². The number of benzene rings is 3. The predicted molar refractivity (Wildman–Crippen MR) is 160 cm³/mol. The maximum Gasteiger partial charge on any atom is 0.335 e. The Bertz CT molecular complexity index is 1620. The van der Waals surface area contributed by atoms with E-state index in [0.29, 0.717) is 5.92 Å². The van der Waals surface area contributed by atoms with Gasteiger partial charge < -0.3 is 10.2 Å². The average molecular weight is 557 g/mol. The number of halogens is 1. The zero-order valence-electron chi connectivity index (χ0n) is 23.1. The Morgan fingerprint density at radius 3 is 2.25 bits per heavy atom. The van der Waals surface area contributed by atoms with Gasteiger partial charge in [0.25, 0.3) is 0 Å². The minimum Gasteiger partial charge on any atom is -0.478 e. The molecule has 1 fully saturated rings. The lowest BCUT2D eigenvalue weighted by Gasteiger charge is -2.27. The smallest absolute Gasteiger partial charge is 0.335 e. The van der Waals surface area contributed by atoms with E-state index in [2.05, 4.69) is 36.4 Å². The summed E-state index contributed by atoms with van der Waals surface area (Å²) in [6.45, 7) is 1.48. The van der Waals surface area contributed by atoms with Crippen LogP contribution in [0.1, 0.15) is 101 Å². The van der Waals surface area contributed by atoms with Crippen LogP contribution in [0.3, 0.4) is 0 Å². The molecule has 3 aromatic rings. The molecule has 0 saturated heterocycles. The van der Waals surface area contributed by atoms with E-state index in [0.717, 1.165) is 10.9 Å². The van der Waals surface area contributed by atoms with E-state index >= 15 is 0 Å². The molecule has 2 N–H and O–H groups in total. The van der Waals surface area contributed by atoms with E-state index < -0.39 is 11.9 Å². The fourth-order valence-electron chi connectivity index (χ4n) is 6.78. The zero-order valence-corrected chi connectivity index (χ0v) is 23.8. The fourth-order valence-corrected chi connectivity index (χ4v) is 6.96. The van der Waals surface area contributed by atoms with Crippen molar-refractivity contribution >= 4 is 35.7 Å². The number of fused-ring (bicyclic) bond motifs is 4. The van der Waals surface area contributed by atoms with Crippen molar-refractivity contribution in [1.29, 1.82) is 0 Å². The number of aromatic carboxylic acids is 2. The van der Waals surface area contributed by atoms with Gasteiger partial charge in [-0.15, -0.1) is 0 Å². The molecule has 0 radical (unpaired) electrons. The van der Waals surface area contributed by atoms with Gasteiger partial charge >= 0.3 is 11.9 Å². The summed E-state index contributed by atoms with van der Waals surface area (Å²) >= 11 is 6.34. The van der Waals surface area contributed by atoms with Gasteiger partial charge in [0.1, 0.15) is 0 Å². The average Bonchev–Trinajstić information content (AvgIpc) is 2.96. The van der Waals surface area contributed by atoms with Crippen LogP contribution in [0.4, 0.5) is 0 Å². The molecule has 0 bridgehead atoms. The van der Waals surface area contributed by atoms with Gasteiger partial charge in [-0.1, -0.05) is 80.1 Å². The number of carbonyl (C=O) groups is 2. The lowest BCUT2D eigenvalue weighted by molar-refractivity contribution is 0.0696. The maximum absolute atomic E-state index is 10.6. The molecule has 0 spiro atoms. The molecule has 3 aliphatic carbocycles. The van der Waals surface area contributed by atoms with Crippen LogP contribution in [0.5, 0.6) is 0 Å². The second kappa shape index (κ2) is 12.4. The van der Waals surface area contributed by atoms with Gasteiger partial charge in [-0.3, -0.25) is 0 Å². The molecule has 6 rings (SSSR count). The van der Waals surface area contributed by atoms with Crippen molar-refractivity contribution in [2.45, 2.75) is 77.0 Å². The summed E-state index contributed by atoms with van der Waals surface area (Å²) in [6, 6.07) is 15.3. The van der Waals surface area contributed by atoms with E-state index in [1.54, 1.807) is 11.1 Å². The Morgan fingerprint density at radius 1 is 0.850 bits per heavy atom. The normalized spacial score (nSPS) is 17.6. The zero-order chi connectivity index (χ0) is 28.2. The van der Waals surface area contributed by atoms with Crippen LogP contribution in [-0.4, -0.2) is 22.2 Å². The highest BCUT2D eigenvalue weighted by atomic mass is 35.5. The van der Waals surface area contributed by atoms with Crippen LogP contribution in [-0.2, 0) is 6.42 Å². The molecule has 40 heavy (non-hydrogen) atoms. The SMILES string of the molecule is Cc1c(C(=O)O)cccc1C(=O)O.Clc1ccc2c(c1)=CC(CCC1CCCCC1)c1c3c(ccc1=2)=CCCC3. The number of hydrogen-bond donors (Lipinski definition) is 2. The Balaban J connectivity index is 0.000000210. The monoisotopic (exact) mass is 556 g/mol. The second-order valence-corrected chi connectivity index (χ2v) is 11.8. The quantitative estimate of drug-likeness (QED) is 0.344. The van der Waals surface area contributed by atoms with Gasteiger partial charge in [-0.2, -0.15) is 0 Å². The molecule has 0 aromatic heterocycles. The van der Waals surface area contributed by atoms with Gasteiger partial charge in [0.15, 0.2) is 0 Å². The molecule has 208 valence electrons. The van der Waals surface area contributed by atoms with Crippen molar-refractivity contribution in [1.82, 2.24) is 0 Å². The van der Waals surface area contributed by atoms with E-state index in [9.17, 15) is 9.59 Å². The van der Waals surface area contributed by atoms with Gasteiger partial charge in [0.2, 0.25) is 0 Å². The number of hydrogen-bond acceptors (Lipinski definition) is 2. The molecule has 0 amide bonds. The van der Waals surface area contributed by atoms with E-state index in [4.69, 9.17) is 21.8 Å². The lowest BCUT2D eigenvalue weighted by Crippen LogP contribution is -2.22. The van der Waals surface area contributed by atoms with Crippen molar-refractivity contribution in [2.75, 3.05) is 0 Å². The molecule has 1 atom stereocenters. The summed E-state index contributed by atoms with van der Waals surface area (Å²) in [5.41, 5.74) is 3.60. The lowest BCUT2D eigenvalue weighted by atomic mass is 9.78. The molecule has 0 aliphatic heterocycles. The maximum atomic E-state index is 10.6. The first-order valence-corrected chi connectivity index (χ1v) is 14.9. The Morgan fingerprint density at radius 2 is 1.55 bits per heavy atom. The number of carboxylic acid groups (broad SMARTS) is 2. The Hall–Kier alpha value is -3.37. The second-order valence-electron chi connectivity index (χ2n) is 11.4. The van der Waals surface area contributed by atoms with Crippen LogP contribution in [0.15, 0.2) is 48.5 Å². The van der Waals surface area contributed by atoms with Crippen LogP contribution >= 0.6 is 11.6 Å². The molecule has 3 aliphatic rings. The number of rotatable bonds is 5. The molecule has 1 saturated carbocycles. The number of carboxylic acids is 2. The third kappa shape index (κ3) is 6.02. The Kier molecular flexibility index (Phi) is 8.75. The van der Waals surface area contributed by atoms with Crippen LogP contribution in [0.25, 0.3) is 12.2 Å². The first-order valence-electron chi connectivity index (χ1n) is 14.5. The summed E-state index contributed by atoms with van der Waals surface area (Å²) in [5, 5.41) is 23.9. The first-order chi connectivity index (χ1) is 19.3. The summed E-state index contributed by atoms with van der Waals surface area (Å²) in [6.07, 6.45) is 18.7. The van der Waals surface area contributed by atoms with Crippen molar-refractivity contribution in [3.8, 4) is 0 Å². The molecule has 1 unspecified atom stereocenters. The summed E-state index contributed by atoms with van der Waals surface area (Å²) in [4.78, 5) is 21.2. The van der Waals surface area contributed by atoms with E-state index in [1.165, 1.54) is 110 Å². The molecular weight excluding hydrogens is 520 g/mol. The van der Waals surface area contributed by atoms with Crippen LogP contribution in [0, 0.1) is 23.3 Å². The van der Waals surface area contributed by atoms with E-state index in [1.807, 2.05) is 6.07 Å². The summed E-state index contributed by atoms with van der Waals surface area (Å²) < 4.78 is 0. The highest BCUT2D eigenvalue weighted by molar-refractivity contribution is 6.30. The minimum absolute atomic E-state index is 0.0277. The third-order valence-electron chi connectivity index (χ3n) is 8.85. The molecule has 5 heteroatoms. The van der Waals surface area contributed by atoms with Crippen LogP contribution < -0.4 is 10.4 Å². The molecule has 4 nitrogen and oxygen atoms in total. The summed E-state index contributed by atoms with van der Waals surface area (Å²) in [7, 11) is 0. The van der Waals surface area contributed by atoms with Crippen molar-refractivity contribution in [3.63, 3.8) is 0 Å². The van der Waals surface area contributed by atoms with Crippen molar-refractivity contribution < 1.29 is 19.8 Å². The van der Waals surface area contributed by atoms with Crippen molar-refractivity contribution in [2.24, 2.45) is 5.92 Å². The molecule has 0 heterocycles. The fraction of sp³-hybridized carbons (Fsp3) is 0.371. The van der Waals surface area contributed by atoms with Gasteiger partial charge in [0.05, 0.1) is 11.1 Å². The third-order valence-corrected chi connectivity index (χ3v) is 9.08. The van der Waals surface area contributed by atoms with E-state index in [-0.39, 0.29) is 16.7 Å². The van der Waals surface area contributed by atoms with Gasteiger partial charge in [-0.25, -0.2) is 9.59 Å². The first kappa shape index (κ1) is 28.2. The Labute approximate surface area is 240 Å².